The molecule has 7 heteroatoms. The van der Waals surface area contributed by atoms with E-state index in [1.807, 2.05) is 17.0 Å². The van der Waals surface area contributed by atoms with E-state index < -0.39 is 22.9 Å². The quantitative estimate of drug-likeness (QED) is 0.568. The number of nitrogens with one attached hydrogen (secondary N) is 2. The lowest BCUT2D eigenvalue weighted by Gasteiger charge is -2.39. The van der Waals surface area contributed by atoms with Crippen molar-refractivity contribution in [3.8, 4) is 0 Å². The molecule has 6 nitrogen and oxygen atoms in total. The molecule has 3 aromatic rings. The second-order valence-corrected chi connectivity index (χ2v) is 8.99. The first-order valence-corrected chi connectivity index (χ1v) is 11.4. The molecule has 1 fully saturated rings. The fraction of sp³-hybridized carbons (Fsp3) is 0.107. The Bertz CT molecular complexity index is 1570. The minimum atomic E-state index is -1.64. The number of anilines is 1. The molecule has 1 saturated heterocycles. The van der Waals surface area contributed by atoms with Crippen LogP contribution in [0.15, 0.2) is 89.8 Å². The lowest BCUT2D eigenvalue weighted by molar-refractivity contribution is -0.118. The molecule has 35 heavy (non-hydrogen) atoms. The van der Waals surface area contributed by atoms with E-state index in [0.717, 1.165) is 5.56 Å². The summed E-state index contributed by atoms with van der Waals surface area (Å²) in [7, 11) is 0. The van der Waals surface area contributed by atoms with Crippen LogP contribution in [0.1, 0.15) is 31.8 Å². The molecule has 1 aliphatic carbocycles. The maximum Gasteiger partial charge on any atom is 0.244 e. The monoisotopic (exact) mass is 463 g/mol. The van der Waals surface area contributed by atoms with Gasteiger partial charge in [-0.15, -0.1) is 0 Å². The van der Waals surface area contributed by atoms with Crippen LogP contribution in [0.3, 0.4) is 0 Å². The predicted molar refractivity (Wildman–Crippen MR) is 127 cm³/mol. The van der Waals surface area contributed by atoms with Crippen molar-refractivity contribution in [1.82, 2.24) is 10.2 Å². The van der Waals surface area contributed by atoms with Gasteiger partial charge in [-0.25, -0.2) is 4.39 Å². The zero-order valence-electron chi connectivity index (χ0n) is 18.4. The van der Waals surface area contributed by atoms with Crippen molar-refractivity contribution in [2.45, 2.75) is 5.41 Å². The molecule has 7 rings (SSSR count). The number of Topliss-reactive ketones (excluding diaryl/α,β-unsaturated/α-hetero) is 2. The van der Waals surface area contributed by atoms with Crippen LogP contribution in [-0.4, -0.2) is 35.5 Å². The molecule has 170 valence electrons. The summed E-state index contributed by atoms with van der Waals surface area (Å²) in [6, 6.07) is 19.7. The number of hydrogen-bond donors (Lipinski definition) is 2. The van der Waals surface area contributed by atoms with E-state index >= 15 is 0 Å². The first-order chi connectivity index (χ1) is 17.0. The van der Waals surface area contributed by atoms with Gasteiger partial charge in [-0.05, 0) is 30.3 Å². The van der Waals surface area contributed by atoms with Gasteiger partial charge in [-0.2, -0.15) is 0 Å². The summed E-state index contributed by atoms with van der Waals surface area (Å²) in [5.41, 5.74) is 2.11. The lowest BCUT2D eigenvalue weighted by atomic mass is 9.64. The summed E-state index contributed by atoms with van der Waals surface area (Å²) in [5.74, 6) is -1.10. The second kappa shape index (κ2) is 6.76. The van der Waals surface area contributed by atoms with Gasteiger partial charge in [0, 0.05) is 46.6 Å². The van der Waals surface area contributed by atoms with Gasteiger partial charge in [0.2, 0.25) is 5.91 Å². The van der Waals surface area contributed by atoms with E-state index in [1.165, 1.54) is 24.3 Å². The summed E-state index contributed by atoms with van der Waals surface area (Å²) >= 11 is 0. The van der Waals surface area contributed by atoms with Gasteiger partial charge < -0.3 is 15.5 Å². The fourth-order valence-electron chi connectivity index (χ4n) is 5.91. The topological polar surface area (TPSA) is 78.5 Å². The number of nitrogens with zero attached hydrogens (tertiary/aromatic N) is 1. The molecule has 0 saturated carbocycles. The zero-order chi connectivity index (χ0) is 23.9. The lowest BCUT2D eigenvalue weighted by Crippen LogP contribution is -2.48. The van der Waals surface area contributed by atoms with Gasteiger partial charge in [0.1, 0.15) is 17.1 Å². The highest BCUT2D eigenvalue weighted by Gasteiger charge is 2.63. The third-order valence-corrected chi connectivity index (χ3v) is 7.30. The van der Waals surface area contributed by atoms with E-state index in [9.17, 15) is 18.8 Å². The predicted octanol–water partition coefficient (Wildman–Crippen LogP) is 3.64. The van der Waals surface area contributed by atoms with Crippen LogP contribution in [0.25, 0.3) is 5.70 Å². The van der Waals surface area contributed by atoms with Gasteiger partial charge in [0.05, 0.1) is 11.3 Å². The van der Waals surface area contributed by atoms with Crippen LogP contribution in [0.2, 0.25) is 0 Å². The molecule has 0 unspecified atom stereocenters. The smallest absolute Gasteiger partial charge is 0.244 e. The average Bonchev–Trinajstić information content (AvgIpc) is 3.54. The Balaban J connectivity index is 1.60. The fourth-order valence-corrected chi connectivity index (χ4v) is 5.91. The molecule has 0 bridgehead atoms. The molecule has 3 aliphatic heterocycles. The van der Waals surface area contributed by atoms with Crippen molar-refractivity contribution in [1.29, 1.82) is 0 Å². The van der Waals surface area contributed by atoms with Gasteiger partial charge in [0.15, 0.2) is 11.6 Å². The number of para-hydroxylation sites is 1. The zero-order valence-corrected chi connectivity index (χ0v) is 18.4. The van der Waals surface area contributed by atoms with Gasteiger partial charge >= 0.3 is 0 Å². The highest BCUT2D eigenvalue weighted by Crippen LogP contribution is 2.58. The number of rotatable bonds is 2. The van der Waals surface area contributed by atoms with Crippen molar-refractivity contribution >= 4 is 28.9 Å². The summed E-state index contributed by atoms with van der Waals surface area (Å²) in [6.07, 6.45) is 0. The highest BCUT2D eigenvalue weighted by molar-refractivity contribution is 6.33. The Morgan fingerprint density at radius 1 is 0.914 bits per heavy atom. The van der Waals surface area contributed by atoms with E-state index in [0.29, 0.717) is 47.0 Å². The van der Waals surface area contributed by atoms with Crippen molar-refractivity contribution in [3.63, 3.8) is 0 Å². The standard InChI is InChI=1S/C28H18FN3O3/c29-16-11-9-15(10-12-16)24(33)22-26-30-13-14-32(26)23-17-5-1-2-6-18(17)25(34)21(23)28(22)19-7-3-4-8-20(19)31-27(28)35/h1-12,30H,13-14H2,(H,31,35)/t28-/m1/s1. The summed E-state index contributed by atoms with van der Waals surface area (Å²) < 4.78 is 13.7. The minimum absolute atomic E-state index is 0.184. The number of benzene rings is 3. The number of carbonyl (C=O) groups excluding carboxylic acids is 3. The maximum atomic E-state index is 14.2. The third-order valence-electron chi connectivity index (χ3n) is 7.30. The Morgan fingerprint density at radius 3 is 2.43 bits per heavy atom. The molecular formula is C28H18FN3O3. The van der Waals surface area contributed by atoms with E-state index in [4.69, 9.17) is 0 Å². The number of carbonyl (C=O) groups is 3. The molecule has 3 aromatic carbocycles. The maximum absolute atomic E-state index is 14.2. The van der Waals surface area contributed by atoms with E-state index in [-0.39, 0.29) is 16.9 Å². The van der Waals surface area contributed by atoms with Crippen LogP contribution >= 0.6 is 0 Å². The number of fused-ring (bicyclic) bond motifs is 7. The Hall–Kier alpha value is -4.52. The largest absolute Gasteiger partial charge is 0.369 e. The van der Waals surface area contributed by atoms with Crippen LogP contribution in [0.5, 0.6) is 0 Å². The van der Waals surface area contributed by atoms with E-state index in [1.54, 1.807) is 36.4 Å². The first-order valence-electron chi connectivity index (χ1n) is 11.4. The third kappa shape index (κ3) is 2.34. The Morgan fingerprint density at radius 2 is 1.63 bits per heavy atom. The molecule has 2 N–H and O–H groups in total. The number of ketones is 2. The normalized spacial score (nSPS) is 21.6. The molecule has 0 aromatic heterocycles. The van der Waals surface area contributed by atoms with Gasteiger partial charge in [0.25, 0.3) is 0 Å². The molecule has 1 spiro atoms. The first kappa shape index (κ1) is 19.9. The van der Waals surface area contributed by atoms with Crippen LogP contribution in [0, 0.1) is 5.82 Å². The Labute approximate surface area is 199 Å². The molecule has 4 aliphatic rings. The van der Waals surface area contributed by atoms with Crippen molar-refractivity contribution in [2.75, 3.05) is 18.4 Å². The second-order valence-electron chi connectivity index (χ2n) is 8.99. The van der Waals surface area contributed by atoms with Crippen LogP contribution in [-0.2, 0) is 10.2 Å². The number of hydrogen-bond acceptors (Lipinski definition) is 5. The molecule has 0 radical (unpaired) electrons. The Kier molecular flexibility index (Phi) is 3.84. The van der Waals surface area contributed by atoms with Crippen molar-refractivity contribution in [3.05, 3.63) is 118 Å². The van der Waals surface area contributed by atoms with E-state index in [2.05, 4.69) is 10.6 Å². The summed E-state index contributed by atoms with van der Waals surface area (Å²) in [4.78, 5) is 44.2. The van der Waals surface area contributed by atoms with Gasteiger partial charge in [-0.3, -0.25) is 14.4 Å². The van der Waals surface area contributed by atoms with Crippen molar-refractivity contribution in [2.24, 2.45) is 0 Å². The van der Waals surface area contributed by atoms with Crippen LogP contribution in [0.4, 0.5) is 10.1 Å². The average molecular weight is 463 g/mol. The molecular weight excluding hydrogens is 445 g/mol. The number of amides is 1. The summed E-state index contributed by atoms with van der Waals surface area (Å²) in [6.45, 7) is 1.08. The van der Waals surface area contributed by atoms with Gasteiger partial charge in [-0.1, -0.05) is 42.5 Å². The minimum Gasteiger partial charge on any atom is -0.369 e. The molecule has 1 atom stereocenters. The number of halogens is 1. The highest BCUT2D eigenvalue weighted by atomic mass is 19.1. The summed E-state index contributed by atoms with van der Waals surface area (Å²) in [5, 5.41) is 6.24. The SMILES string of the molecule is O=C(C1=C2NCCN2C2=C(C(=O)c3ccccc32)[C@@]12C(=O)Nc1ccccc12)c1ccc(F)cc1. The van der Waals surface area contributed by atoms with Crippen molar-refractivity contribution < 1.29 is 18.8 Å². The molecule has 3 heterocycles. The molecule has 1 amide bonds. The van der Waals surface area contributed by atoms with Crippen LogP contribution < -0.4 is 10.6 Å².